The number of hydrogen-bond acceptors (Lipinski definition) is 5. The van der Waals surface area contributed by atoms with Crippen molar-refractivity contribution in [2.24, 2.45) is 0 Å². The summed E-state index contributed by atoms with van der Waals surface area (Å²) in [5.74, 6) is -0.762. The minimum Gasteiger partial charge on any atom is -0.462 e. The predicted molar refractivity (Wildman–Crippen MR) is 77.7 cm³/mol. The molecule has 1 unspecified atom stereocenters. The number of pyridine rings is 1. The van der Waals surface area contributed by atoms with Gasteiger partial charge in [-0.15, -0.1) is 0 Å². The summed E-state index contributed by atoms with van der Waals surface area (Å²) in [5, 5.41) is 9.29. The molecule has 0 saturated heterocycles. The Labute approximate surface area is 135 Å². The second-order valence-electron chi connectivity index (χ2n) is 4.70. The molecular formula is C16H14F3NO4. The number of ether oxygens (including phenoxy) is 2. The smallest absolute Gasteiger partial charge is 0.418 e. The van der Waals surface area contributed by atoms with Crippen LogP contribution in [0.15, 0.2) is 42.6 Å². The molecule has 0 fully saturated rings. The van der Waals surface area contributed by atoms with Crippen molar-refractivity contribution in [3.05, 3.63) is 53.7 Å². The largest absolute Gasteiger partial charge is 0.462 e. The number of carbonyl (C=O) groups is 1. The maximum Gasteiger partial charge on any atom is 0.418 e. The summed E-state index contributed by atoms with van der Waals surface area (Å²) >= 11 is 0. The molecule has 0 amide bonds. The van der Waals surface area contributed by atoms with Crippen molar-refractivity contribution in [1.29, 1.82) is 0 Å². The van der Waals surface area contributed by atoms with E-state index in [0.717, 1.165) is 12.1 Å². The van der Waals surface area contributed by atoms with Crippen LogP contribution in [0, 0.1) is 0 Å². The Kier molecular flexibility index (Phi) is 5.40. The van der Waals surface area contributed by atoms with Crippen LogP contribution >= 0.6 is 0 Å². The molecule has 24 heavy (non-hydrogen) atoms. The fourth-order valence-corrected chi connectivity index (χ4v) is 1.89. The molecule has 0 aliphatic carbocycles. The molecular weight excluding hydrogens is 327 g/mol. The first-order valence-corrected chi connectivity index (χ1v) is 6.97. The van der Waals surface area contributed by atoms with Crippen molar-refractivity contribution in [2.75, 3.05) is 6.61 Å². The first kappa shape index (κ1) is 17.7. The Balaban J connectivity index is 2.28. The minimum absolute atomic E-state index is 0.0000449. The molecule has 2 rings (SSSR count). The third-order valence-electron chi connectivity index (χ3n) is 2.96. The Morgan fingerprint density at radius 1 is 1.29 bits per heavy atom. The van der Waals surface area contributed by atoms with Crippen LogP contribution in [-0.4, -0.2) is 28.8 Å². The van der Waals surface area contributed by atoms with Gasteiger partial charge in [-0.3, -0.25) is 0 Å². The van der Waals surface area contributed by atoms with E-state index >= 15 is 0 Å². The lowest BCUT2D eigenvalue weighted by Crippen LogP contribution is -2.20. The van der Waals surface area contributed by atoms with Crippen LogP contribution in [0.1, 0.15) is 28.9 Å². The van der Waals surface area contributed by atoms with E-state index in [0.29, 0.717) is 0 Å². The zero-order valence-corrected chi connectivity index (χ0v) is 12.6. The number of nitrogens with zero attached hydrogens (tertiary/aromatic N) is 1. The maximum atomic E-state index is 12.6. The van der Waals surface area contributed by atoms with E-state index in [1.165, 1.54) is 30.5 Å². The lowest BCUT2D eigenvalue weighted by atomic mass is 10.1. The number of hydrogen-bond donors (Lipinski definition) is 1. The summed E-state index contributed by atoms with van der Waals surface area (Å²) in [6.45, 7) is 1.79. The number of rotatable bonds is 5. The molecule has 1 heterocycles. The van der Waals surface area contributed by atoms with Crippen molar-refractivity contribution < 1.29 is 32.5 Å². The van der Waals surface area contributed by atoms with Gasteiger partial charge in [0.2, 0.25) is 5.88 Å². The number of aliphatic hydroxyl groups excluding tert-OH is 1. The highest BCUT2D eigenvalue weighted by atomic mass is 19.4. The van der Waals surface area contributed by atoms with Crippen molar-refractivity contribution in [3.63, 3.8) is 0 Å². The molecule has 1 aromatic carbocycles. The molecule has 1 N–H and O–H groups in total. The fourth-order valence-electron chi connectivity index (χ4n) is 1.89. The van der Waals surface area contributed by atoms with E-state index in [1.54, 1.807) is 6.92 Å². The summed E-state index contributed by atoms with van der Waals surface area (Å²) in [4.78, 5) is 15.7. The lowest BCUT2D eigenvalue weighted by molar-refractivity contribution is -0.206. The SMILES string of the molecule is CCOC(=O)c1cccnc1Oc1cccc(C(O)C(F)(F)F)c1. The summed E-state index contributed by atoms with van der Waals surface area (Å²) in [6.07, 6.45) is -6.05. The average molecular weight is 341 g/mol. The third kappa shape index (κ3) is 4.23. The van der Waals surface area contributed by atoms with Gasteiger partial charge in [0, 0.05) is 6.20 Å². The number of aliphatic hydroxyl groups is 1. The molecule has 8 heteroatoms. The van der Waals surface area contributed by atoms with E-state index < -0.39 is 18.2 Å². The fraction of sp³-hybridized carbons (Fsp3) is 0.250. The van der Waals surface area contributed by atoms with Gasteiger partial charge in [0.05, 0.1) is 6.61 Å². The number of carbonyl (C=O) groups excluding carboxylic acids is 1. The van der Waals surface area contributed by atoms with Crippen LogP contribution in [0.5, 0.6) is 11.6 Å². The normalized spacial score (nSPS) is 12.5. The number of esters is 1. The third-order valence-corrected chi connectivity index (χ3v) is 2.96. The summed E-state index contributed by atoms with van der Waals surface area (Å²) in [6, 6.07) is 7.76. The van der Waals surface area contributed by atoms with Gasteiger partial charge in [0.1, 0.15) is 11.3 Å². The van der Waals surface area contributed by atoms with E-state index in [9.17, 15) is 23.1 Å². The molecule has 1 atom stereocenters. The van der Waals surface area contributed by atoms with E-state index in [2.05, 4.69) is 4.98 Å². The van der Waals surface area contributed by atoms with Crippen molar-refractivity contribution in [3.8, 4) is 11.6 Å². The highest BCUT2D eigenvalue weighted by molar-refractivity contribution is 5.91. The van der Waals surface area contributed by atoms with Gasteiger partial charge in [0.15, 0.2) is 6.10 Å². The van der Waals surface area contributed by atoms with Crippen molar-refractivity contribution >= 4 is 5.97 Å². The molecule has 0 saturated carbocycles. The zero-order valence-electron chi connectivity index (χ0n) is 12.6. The molecule has 0 bridgehead atoms. The Morgan fingerprint density at radius 2 is 2.04 bits per heavy atom. The van der Waals surface area contributed by atoms with Crippen LogP contribution in [0.3, 0.4) is 0 Å². The molecule has 2 aromatic rings. The monoisotopic (exact) mass is 341 g/mol. The topological polar surface area (TPSA) is 68.7 Å². The van der Waals surface area contributed by atoms with Crippen LogP contribution in [0.2, 0.25) is 0 Å². The van der Waals surface area contributed by atoms with Gasteiger partial charge in [-0.25, -0.2) is 9.78 Å². The van der Waals surface area contributed by atoms with Crippen LogP contribution in [-0.2, 0) is 4.74 Å². The number of benzene rings is 1. The predicted octanol–water partition coefficient (Wildman–Crippen LogP) is 3.65. The maximum absolute atomic E-state index is 12.6. The molecule has 1 aromatic heterocycles. The molecule has 0 aliphatic heterocycles. The molecule has 0 radical (unpaired) electrons. The van der Waals surface area contributed by atoms with Gasteiger partial charge >= 0.3 is 12.1 Å². The summed E-state index contributed by atoms with van der Waals surface area (Å²) in [7, 11) is 0. The minimum atomic E-state index is -4.79. The second-order valence-corrected chi connectivity index (χ2v) is 4.70. The van der Waals surface area contributed by atoms with Crippen LogP contribution in [0.25, 0.3) is 0 Å². The second kappa shape index (κ2) is 7.31. The van der Waals surface area contributed by atoms with E-state index in [1.807, 2.05) is 0 Å². The Morgan fingerprint density at radius 3 is 2.71 bits per heavy atom. The number of halogens is 3. The first-order valence-electron chi connectivity index (χ1n) is 6.97. The van der Waals surface area contributed by atoms with Gasteiger partial charge < -0.3 is 14.6 Å². The standard InChI is InChI=1S/C16H14F3NO4/c1-2-23-15(22)12-7-4-8-20-14(12)24-11-6-3-5-10(9-11)13(21)16(17,18)19/h3-9,13,21H,2H2,1H3. The van der Waals surface area contributed by atoms with Gasteiger partial charge in [-0.2, -0.15) is 13.2 Å². The van der Waals surface area contributed by atoms with Crippen molar-refractivity contribution in [2.45, 2.75) is 19.2 Å². The Bertz CT molecular complexity index is 718. The van der Waals surface area contributed by atoms with E-state index in [4.69, 9.17) is 9.47 Å². The summed E-state index contributed by atoms with van der Waals surface area (Å²) < 4.78 is 48.0. The van der Waals surface area contributed by atoms with Gasteiger partial charge in [-0.05, 0) is 36.8 Å². The van der Waals surface area contributed by atoms with Crippen molar-refractivity contribution in [1.82, 2.24) is 4.98 Å². The number of alkyl halides is 3. The quantitative estimate of drug-likeness (QED) is 0.841. The first-order chi connectivity index (χ1) is 11.3. The zero-order chi connectivity index (χ0) is 17.7. The number of aromatic nitrogens is 1. The van der Waals surface area contributed by atoms with Gasteiger partial charge in [-0.1, -0.05) is 12.1 Å². The Hall–Kier alpha value is -2.61. The molecule has 128 valence electrons. The highest BCUT2D eigenvalue weighted by Gasteiger charge is 2.39. The van der Waals surface area contributed by atoms with Gasteiger partial charge in [0.25, 0.3) is 0 Å². The van der Waals surface area contributed by atoms with Crippen LogP contribution in [0.4, 0.5) is 13.2 Å². The molecule has 0 spiro atoms. The summed E-state index contributed by atoms with van der Waals surface area (Å²) in [5.41, 5.74) is -0.338. The average Bonchev–Trinajstić information content (AvgIpc) is 2.54. The molecule has 0 aliphatic rings. The van der Waals surface area contributed by atoms with Crippen LogP contribution < -0.4 is 4.74 Å². The van der Waals surface area contributed by atoms with E-state index in [-0.39, 0.29) is 29.4 Å². The lowest BCUT2D eigenvalue weighted by Gasteiger charge is -2.16. The highest BCUT2D eigenvalue weighted by Crippen LogP contribution is 2.34. The molecule has 5 nitrogen and oxygen atoms in total.